The van der Waals surface area contributed by atoms with Crippen molar-refractivity contribution in [3.05, 3.63) is 23.3 Å². The number of carboxylic acid groups (broad SMARTS) is 1. The van der Waals surface area contributed by atoms with Crippen LogP contribution in [0.3, 0.4) is 0 Å². The molecule has 0 radical (unpaired) electrons. The van der Waals surface area contributed by atoms with Crippen molar-refractivity contribution in [2.75, 3.05) is 51.4 Å². The van der Waals surface area contributed by atoms with Crippen molar-refractivity contribution in [1.82, 2.24) is 4.90 Å². The molecule has 0 aliphatic carbocycles. The Kier molecular flexibility index (Phi) is 6.27. The van der Waals surface area contributed by atoms with Gasteiger partial charge in [0, 0.05) is 38.1 Å². The Labute approximate surface area is 119 Å². The molecular weight excluding hydrogens is 258 g/mol. The largest absolute Gasteiger partial charge is 0.478 e. The van der Waals surface area contributed by atoms with Crippen LogP contribution in [0.25, 0.3) is 0 Å². The van der Waals surface area contributed by atoms with Gasteiger partial charge in [-0.15, -0.1) is 0 Å². The minimum absolute atomic E-state index is 0.139. The summed E-state index contributed by atoms with van der Waals surface area (Å²) in [4.78, 5) is 13.2. The Morgan fingerprint density at radius 2 is 2.15 bits per heavy atom. The number of ether oxygens (including phenoxy) is 1. The zero-order valence-corrected chi connectivity index (χ0v) is 12.3. The number of nitrogens with two attached hydrogens (primary N) is 1. The van der Waals surface area contributed by atoms with Gasteiger partial charge in [0.2, 0.25) is 0 Å². The number of likely N-dealkylation sites (N-methyl/N-ethyl adjacent to an activating group) is 1. The number of carboxylic acids is 1. The number of rotatable bonds is 8. The van der Waals surface area contributed by atoms with Crippen LogP contribution in [0, 0.1) is 6.92 Å². The minimum atomic E-state index is -1.01. The molecule has 0 fully saturated rings. The van der Waals surface area contributed by atoms with Gasteiger partial charge in [-0.25, -0.2) is 4.79 Å². The van der Waals surface area contributed by atoms with Crippen molar-refractivity contribution in [3.63, 3.8) is 0 Å². The Balaban J connectivity index is 2.58. The first-order valence-corrected chi connectivity index (χ1v) is 6.50. The van der Waals surface area contributed by atoms with Gasteiger partial charge in [-0.3, -0.25) is 0 Å². The van der Waals surface area contributed by atoms with Gasteiger partial charge >= 0.3 is 5.97 Å². The number of anilines is 2. The molecule has 0 amide bonds. The van der Waals surface area contributed by atoms with Crippen LogP contribution >= 0.6 is 0 Å². The summed E-state index contributed by atoms with van der Waals surface area (Å²) in [6.45, 7) is 4.93. The van der Waals surface area contributed by atoms with Crippen LogP contribution in [-0.4, -0.2) is 56.4 Å². The summed E-state index contributed by atoms with van der Waals surface area (Å²) in [5.41, 5.74) is 7.75. The highest BCUT2D eigenvalue weighted by atomic mass is 16.5. The number of carbonyl (C=O) groups is 1. The lowest BCUT2D eigenvalue weighted by Crippen LogP contribution is -2.28. The predicted molar refractivity (Wildman–Crippen MR) is 80.4 cm³/mol. The van der Waals surface area contributed by atoms with Crippen LogP contribution in [0.1, 0.15) is 15.9 Å². The standard InChI is InChI=1S/C14H23N3O3/c1-10-8-11(9-12(13(10)15)14(18)19)16-4-5-17(2)6-7-20-3/h8-9,16H,4-7,15H2,1-3H3,(H,18,19). The second kappa shape index (κ2) is 7.72. The minimum Gasteiger partial charge on any atom is -0.478 e. The number of methoxy groups -OCH3 is 1. The molecular formula is C14H23N3O3. The molecule has 0 aromatic heterocycles. The van der Waals surface area contributed by atoms with Crippen LogP contribution in [0.2, 0.25) is 0 Å². The average Bonchev–Trinajstić information content (AvgIpc) is 2.39. The maximum atomic E-state index is 11.1. The van der Waals surface area contributed by atoms with Crippen LogP contribution in [-0.2, 0) is 4.74 Å². The van der Waals surface area contributed by atoms with E-state index < -0.39 is 5.97 Å². The highest BCUT2D eigenvalue weighted by Crippen LogP contribution is 2.22. The summed E-state index contributed by atoms with van der Waals surface area (Å²) < 4.78 is 5.01. The molecule has 0 bridgehead atoms. The van der Waals surface area contributed by atoms with E-state index in [1.54, 1.807) is 20.1 Å². The molecule has 1 aromatic carbocycles. The van der Waals surface area contributed by atoms with E-state index in [4.69, 9.17) is 15.6 Å². The summed E-state index contributed by atoms with van der Waals surface area (Å²) in [7, 11) is 3.69. The van der Waals surface area contributed by atoms with E-state index in [2.05, 4.69) is 10.2 Å². The summed E-state index contributed by atoms with van der Waals surface area (Å²) in [6.07, 6.45) is 0. The lowest BCUT2D eigenvalue weighted by Gasteiger charge is -2.17. The smallest absolute Gasteiger partial charge is 0.337 e. The van der Waals surface area contributed by atoms with Crippen molar-refractivity contribution >= 4 is 17.3 Å². The van der Waals surface area contributed by atoms with E-state index in [0.29, 0.717) is 12.3 Å². The number of benzene rings is 1. The zero-order chi connectivity index (χ0) is 15.1. The maximum absolute atomic E-state index is 11.1. The van der Waals surface area contributed by atoms with Crippen molar-refractivity contribution < 1.29 is 14.6 Å². The number of nitrogen functional groups attached to an aromatic ring is 1. The Bertz CT molecular complexity index is 463. The molecule has 4 N–H and O–H groups in total. The van der Waals surface area contributed by atoms with Gasteiger partial charge in [0.25, 0.3) is 0 Å². The fourth-order valence-electron chi connectivity index (χ4n) is 1.83. The highest BCUT2D eigenvalue weighted by Gasteiger charge is 2.11. The third-order valence-corrected chi connectivity index (χ3v) is 3.12. The van der Waals surface area contributed by atoms with Crippen molar-refractivity contribution in [2.45, 2.75) is 6.92 Å². The lowest BCUT2D eigenvalue weighted by molar-refractivity contribution is 0.0698. The van der Waals surface area contributed by atoms with E-state index >= 15 is 0 Å². The molecule has 0 unspecified atom stereocenters. The molecule has 6 heteroatoms. The molecule has 1 aromatic rings. The van der Waals surface area contributed by atoms with Gasteiger partial charge < -0.3 is 25.8 Å². The van der Waals surface area contributed by atoms with Gasteiger partial charge in [0.05, 0.1) is 12.2 Å². The molecule has 0 aliphatic rings. The van der Waals surface area contributed by atoms with E-state index in [-0.39, 0.29) is 5.56 Å². The molecule has 0 atom stereocenters. The summed E-state index contributed by atoms with van der Waals surface area (Å²) in [5.74, 6) is -1.01. The Morgan fingerprint density at radius 3 is 2.75 bits per heavy atom. The van der Waals surface area contributed by atoms with Crippen molar-refractivity contribution in [2.24, 2.45) is 0 Å². The number of nitrogens with zero attached hydrogens (tertiary/aromatic N) is 1. The van der Waals surface area contributed by atoms with Gasteiger partial charge in [-0.1, -0.05) is 0 Å². The van der Waals surface area contributed by atoms with Crippen LogP contribution in [0.5, 0.6) is 0 Å². The number of hydrogen-bond acceptors (Lipinski definition) is 5. The third-order valence-electron chi connectivity index (χ3n) is 3.12. The Hall–Kier alpha value is -1.79. The first-order chi connectivity index (χ1) is 9.45. The predicted octanol–water partition coefficient (Wildman–Crippen LogP) is 1.27. The van der Waals surface area contributed by atoms with Gasteiger partial charge in [-0.2, -0.15) is 0 Å². The quantitative estimate of drug-likeness (QED) is 0.622. The molecule has 0 saturated heterocycles. The van der Waals surface area contributed by atoms with E-state index in [1.807, 2.05) is 13.1 Å². The number of aromatic carboxylic acids is 1. The van der Waals surface area contributed by atoms with Crippen molar-refractivity contribution in [1.29, 1.82) is 0 Å². The molecule has 20 heavy (non-hydrogen) atoms. The maximum Gasteiger partial charge on any atom is 0.337 e. The molecule has 0 spiro atoms. The summed E-state index contributed by atoms with van der Waals surface area (Å²) in [6, 6.07) is 3.43. The molecule has 0 aliphatic heterocycles. The number of nitrogens with one attached hydrogen (secondary N) is 1. The number of hydrogen-bond donors (Lipinski definition) is 3. The van der Waals surface area contributed by atoms with E-state index in [1.165, 1.54) is 0 Å². The first kappa shape index (κ1) is 16.3. The van der Waals surface area contributed by atoms with Gasteiger partial charge in [0.1, 0.15) is 0 Å². The zero-order valence-electron chi connectivity index (χ0n) is 12.3. The number of aryl methyl sites for hydroxylation is 1. The summed E-state index contributed by atoms with van der Waals surface area (Å²) in [5, 5.41) is 12.3. The fourth-order valence-corrected chi connectivity index (χ4v) is 1.83. The molecule has 0 saturated carbocycles. The normalized spacial score (nSPS) is 10.8. The molecule has 1 rings (SSSR count). The molecule has 112 valence electrons. The molecule has 0 heterocycles. The lowest BCUT2D eigenvalue weighted by atomic mass is 10.1. The second-order valence-electron chi connectivity index (χ2n) is 4.78. The highest BCUT2D eigenvalue weighted by molar-refractivity contribution is 5.95. The van der Waals surface area contributed by atoms with E-state index in [0.717, 1.165) is 30.9 Å². The van der Waals surface area contributed by atoms with E-state index in [9.17, 15) is 4.79 Å². The van der Waals surface area contributed by atoms with Crippen LogP contribution in [0.15, 0.2) is 12.1 Å². The monoisotopic (exact) mass is 281 g/mol. The average molecular weight is 281 g/mol. The SMILES string of the molecule is COCCN(C)CCNc1cc(C)c(N)c(C(=O)O)c1. The third kappa shape index (κ3) is 4.71. The fraction of sp³-hybridized carbons (Fsp3) is 0.500. The molecule has 6 nitrogen and oxygen atoms in total. The Morgan fingerprint density at radius 1 is 1.45 bits per heavy atom. The van der Waals surface area contributed by atoms with Crippen LogP contribution in [0.4, 0.5) is 11.4 Å². The van der Waals surface area contributed by atoms with Gasteiger partial charge in [-0.05, 0) is 31.7 Å². The topological polar surface area (TPSA) is 87.8 Å². The van der Waals surface area contributed by atoms with Crippen molar-refractivity contribution in [3.8, 4) is 0 Å². The first-order valence-electron chi connectivity index (χ1n) is 6.50. The second-order valence-corrected chi connectivity index (χ2v) is 4.78. The van der Waals surface area contributed by atoms with Gasteiger partial charge in [0.15, 0.2) is 0 Å². The van der Waals surface area contributed by atoms with Crippen LogP contribution < -0.4 is 11.1 Å². The summed E-state index contributed by atoms with van der Waals surface area (Å²) >= 11 is 0.